The summed E-state index contributed by atoms with van der Waals surface area (Å²) in [6.07, 6.45) is 2.95. The van der Waals surface area contributed by atoms with Crippen LogP contribution in [-0.4, -0.2) is 43.5 Å². The number of likely N-dealkylation sites (tertiary alicyclic amines) is 1. The van der Waals surface area contributed by atoms with Crippen LogP contribution in [0.25, 0.3) is 0 Å². The average molecular weight is 211 g/mol. The smallest absolute Gasteiger partial charge is 0.223 e. The Kier molecular flexibility index (Phi) is 3.26. The van der Waals surface area contributed by atoms with Crippen molar-refractivity contribution in [3.63, 3.8) is 0 Å². The fourth-order valence-corrected chi connectivity index (χ4v) is 2.46. The third-order valence-electron chi connectivity index (χ3n) is 3.60. The highest BCUT2D eigenvalue weighted by atomic mass is 16.1. The predicted molar refractivity (Wildman–Crippen MR) is 59.3 cm³/mol. The normalized spacial score (nSPS) is 36.3. The summed E-state index contributed by atoms with van der Waals surface area (Å²) in [6.45, 7) is 3.12. The van der Waals surface area contributed by atoms with Crippen molar-refractivity contribution >= 4 is 5.91 Å². The zero-order chi connectivity index (χ0) is 10.8. The van der Waals surface area contributed by atoms with Crippen LogP contribution in [0.4, 0.5) is 0 Å². The molecule has 15 heavy (non-hydrogen) atoms. The van der Waals surface area contributed by atoms with Crippen LogP contribution in [0.1, 0.15) is 19.3 Å². The fourth-order valence-electron chi connectivity index (χ4n) is 2.46. The van der Waals surface area contributed by atoms with Crippen LogP contribution in [0.3, 0.4) is 0 Å². The molecular formula is C11H21N3O. The lowest BCUT2D eigenvalue weighted by Crippen LogP contribution is -2.46. The number of nitrogens with two attached hydrogens (primary N) is 1. The Morgan fingerprint density at radius 3 is 2.80 bits per heavy atom. The molecule has 1 aliphatic carbocycles. The number of rotatable bonds is 3. The summed E-state index contributed by atoms with van der Waals surface area (Å²) >= 11 is 0. The number of carbonyl (C=O) groups is 1. The van der Waals surface area contributed by atoms with Crippen LogP contribution < -0.4 is 11.1 Å². The van der Waals surface area contributed by atoms with Gasteiger partial charge in [-0.25, -0.2) is 0 Å². The van der Waals surface area contributed by atoms with Crippen molar-refractivity contribution in [1.29, 1.82) is 0 Å². The van der Waals surface area contributed by atoms with Crippen molar-refractivity contribution < 1.29 is 4.79 Å². The van der Waals surface area contributed by atoms with Crippen molar-refractivity contribution in [3.05, 3.63) is 0 Å². The molecule has 1 saturated carbocycles. The fraction of sp³-hybridized carbons (Fsp3) is 0.909. The van der Waals surface area contributed by atoms with Crippen LogP contribution >= 0.6 is 0 Å². The first-order valence-electron chi connectivity index (χ1n) is 5.87. The van der Waals surface area contributed by atoms with Gasteiger partial charge in [-0.3, -0.25) is 4.79 Å². The quantitative estimate of drug-likeness (QED) is 0.679. The summed E-state index contributed by atoms with van der Waals surface area (Å²) in [5, 5.41) is 3.05. The molecule has 0 radical (unpaired) electrons. The van der Waals surface area contributed by atoms with E-state index in [1.165, 1.54) is 6.42 Å². The van der Waals surface area contributed by atoms with E-state index in [2.05, 4.69) is 17.3 Å². The molecule has 4 heteroatoms. The summed E-state index contributed by atoms with van der Waals surface area (Å²) in [4.78, 5) is 13.9. The Labute approximate surface area is 91.2 Å². The lowest BCUT2D eigenvalue weighted by atomic mass is 9.80. The molecule has 2 rings (SSSR count). The number of nitrogens with zero attached hydrogens (tertiary/aromatic N) is 1. The molecule has 1 heterocycles. The Morgan fingerprint density at radius 2 is 2.27 bits per heavy atom. The summed E-state index contributed by atoms with van der Waals surface area (Å²) in [5.41, 5.74) is 5.66. The molecule has 1 unspecified atom stereocenters. The summed E-state index contributed by atoms with van der Waals surface area (Å²) in [5.74, 6) is 1.05. The monoisotopic (exact) mass is 211 g/mol. The molecule has 86 valence electrons. The Bertz CT molecular complexity index is 238. The van der Waals surface area contributed by atoms with Gasteiger partial charge in [0.15, 0.2) is 0 Å². The minimum absolute atomic E-state index is 0.194. The molecule has 2 fully saturated rings. The van der Waals surface area contributed by atoms with Crippen molar-refractivity contribution in [2.45, 2.75) is 25.3 Å². The van der Waals surface area contributed by atoms with Gasteiger partial charge in [0.1, 0.15) is 0 Å². The minimum Gasteiger partial charge on any atom is -0.356 e. The van der Waals surface area contributed by atoms with Gasteiger partial charge in [0.05, 0.1) is 0 Å². The van der Waals surface area contributed by atoms with E-state index in [4.69, 9.17) is 5.73 Å². The van der Waals surface area contributed by atoms with Crippen LogP contribution in [0.5, 0.6) is 0 Å². The molecule has 1 saturated heterocycles. The molecule has 0 aromatic carbocycles. The van der Waals surface area contributed by atoms with E-state index in [0.29, 0.717) is 5.92 Å². The van der Waals surface area contributed by atoms with Crippen LogP contribution in [-0.2, 0) is 4.79 Å². The number of nitrogens with one attached hydrogen (secondary N) is 1. The molecule has 1 aliphatic heterocycles. The molecule has 1 amide bonds. The maximum Gasteiger partial charge on any atom is 0.223 e. The highest BCUT2D eigenvalue weighted by molar-refractivity contribution is 5.79. The van der Waals surface area contributed by atoms with Crippen molar-refractivity contribution in [2.24, 2.45) is 17.6 Å². The number of hydrogen-bond donors (Lipinski definition) is 2. The topological polar surface area (TPSA) is 58.4 Å². The second-order valence-corrected chi connectivity index (χ2v) is 5.09. The first-order valence-corrected chi connectivity index (χ1v) is 5.87. The predicted octanol–water partition coefficient (Wildman–Crippen LogP) is -0.208. The van der Waals surface area contributed by atoms with E-state index < -0.39 is 0 Å². The van der Waals surface area contributed by atoms with Gasteiger partial charge in [-0.2, -0.15) is 0 Å². The number of amides is 1. The lowest BCUT2D eigenvalue weighted by molar-refractivity contribution is -0.128. The maximum absolute atomic E-state index is 11.6. The van der Waals surface area contributed by atoms with Crippen molar-refractivity contribution in [1.82, 2.24) is 10.2 Å². The first-order chi connectivity index (χ1) is 7.15. The van der Waals surface area contributed by atoms with Gasteiger partial charge in [-0.15, -0.1) is 0 Å². The third kappa shape index (κ3) is 2.69. The molecular weight excluding hydrogens is 190 g/mol. The molecule has 3 N–H and O–H groups in total. The van der Waals surface area contributed by atoms with Crippen LogP contribution in [0, 0.1) is 11.8 Å². The van der Waals surface area contributed by atoms with Gasteiger partial charge in [0.25, 0.3) is 0 Å². The van der Waals surface area contributed by atoms with Crippen LogP contribution in [0.15, 0.2) is 0 Å². The molecule has 0 aromatic rings. The van der Waals surface area contributed by atoms with E-state index in [1.807, 2.05) is 0 Å². The third-order valence-corrected chi connectivity index (χ3v) is 3.60. The number of hydrogen-bond acceptors (Lipinski definition) is 3. The highest BCUT2D eigenvalue weighted by Gasteiger charge is 2.32. The first kappa shape index (κ1) is 10.9. The van der Waals surface area contributed by atoms with Crippen molar-refractivity contribution in [2.75, 3.05) is 26.7 Å². The summed E-state index contributed by atoms with van der Waals surface area (Å²) in [7, 11) is 2.13. The van der Waals surface area contributed by atoms with Gasteiger partial charge in [-0.05, 0) is 38.8 Å². The summed E-state index contributed by atoms with van der Waals surface area (Å²) in [6, 6.07) is 0.262. The molecule has 4 nitrogen and oxygen atoms in total. The second-order valence-electron chi connectivity index (χ2n) is 5.09. The van der Waals surface area contributed by atoms with Crippen LogP contribution in [0.2, 0.25) is 0 Å². The Hall–Kier alpha value is -0.610. The largest absolute Gasteiger partial charge is 0.356 e. The van der Waals surface area contributed by atoms with E-state index in [1.54, 1.807) is 0 Å². The SMILES string of the molecule is CN1CCC(CNC(=O)C2CC(N)C2)C1. The highest BCUT2D eigenvalue weighted by Crippen LogP contribution is 2.25. The molecule has 0 bridgehead atoms. The van der Waals surface area contributed by atoms with E-state index >= 15 is 0 Å². The van der Waals surface area contributed by atoms with Gasteiger partial charge < -0.3 is 16.0 Å². The average Bonchev–Trinajstić information content (AvgIpc) is 2.56. The maximum atomic E-state index is 11.6. The minimum atomic E-state index is 0.194. The van der Waals surface area contributed by atoms with E-state index in [0.717, 1.165) is 32.5 Å². The Balaban J connectivity index is 1.63. The van der Waals surface area contributed by atoms with E-state index in [9.17, 15) is 4.79 Å². The van der Waals surface area contributed by atoms with Gasteiger partial charge in [0.2, 0.25) is 5.91 Å². The van der Waals surface area contributed by atoms with Gasteiger partial charge in [0, 0.05) is 25.0 Å². The van der Waals surface area contributed by atoms with Crippen molar-refractivity contribution in [3.8, 4) is 0 Å². The molecule has 0 spiro atoms. The second kappa shape index (κ2) is 4.49. The van der Waals surface area contributed by atoms with E-state index in [-0.39, 0.29) is 17.9 Å². The summed E-state index contributed by atoms with van der Waals surface area (Å²) < 4.78 is 0. The molecule has 2 aliphatic rings. The lowest BCUT2D eigenvalue weighted by Gasteiger charge is -2.31. The number of carbonyl (C=O) groups excluding carboxylic acids is 1. The zero-order valence-electron chi connectivity index (χ0n) is 9.41. The van der Waals surface area contributed by atoms with Gasteiger partial charge >= 0.3 is 0 Å². The molecule has 0 aromatic heterocycles. The molecule has 1 atom stereocenters. The zero-order valence-corrected chi connectivity index (χ0v) is 9.41. The van der Waals surface area contributed by atoms with Gasteiger partial charge in [-0.1, -0.05) is 0 Å². The Morgan fingerprint density at radius 1 is 1.53 bits per heavy atom. The standard InChI is InChI=1S/C11H21N3O/c1-14-3-2-8(7-14)6-13-11(15)9-4-10(12)5-9/h8-10H,2-7,12H2,1H3,(H,13,15).